The summed E-state index contributed by atoms with van der Waals surface area (Å²) in [6, 6.07) is 3.11. The molecule has 0 heterocycles. The average Bonchev–Trinajstić information content (AvgIpc) is 2.47. The first kappa shape index (κ1) is 17.2. The van der Waals surface area contributed by atoms with Gasteiger partial charge < -0.3 is 19.3 Å². The molecule has 0 amide bonds. The molecule has 0 aliphatic heterocycles. The summed E-state index contributed by atoms with van der Waals surface area (Å²) in [5.74, 6) is -3.28. The van der Waals surface area contributed by atoms with Gasteiger partial charge >= 0.3 is 24.1 Å². The molecule has 1 N–H and O–H groups in total. The number of carboxylic acids is 1. The summed E-state index contributed by atoms with van der Waals surface area (Å²) in [4.78, 5) is 45.6. The number of esters is 2. The predicted octanol–water partition coefficient (Wildman–Crippen LogP) is 1.87. The minimum Gasteiger partial charge on any atom is -0.478 e. The van der Waals surface area contributed by atoms with Crippen LogP contribution in [0.1, 0.15) is 44.9 Å². The molecule has 0 saturated heterocycles. The maximum absolute atomic E-state index is 11.8. The van der Waals surface area contributed by atoms with Gasteiger partial charge in [-0.25, -0.2) is 19.2 Å². The van der Waals surface area contributed by atoms with Crippen molar-refractivity contribution >= 4 is 24.1 Å². The highest BCUT2D eigenvalue weighted by molar-refractivity contribution is 6.01. The van der Waals surface area contributed by atoms with E-state index < -0.39 is 24.1 Å². The molecule has 0 radical (unpaired) electrons. The summed E-state index contributed by atoms with van der Waals surface area (Å²) in [5, 5.41) is 9.00. The fraction of sp³-hybridized carbons (Fsp3) is 0.286. The van der Waals surface area contributed by atoms with Crippen LogP contribution < -0.4 is 0 Å². The number of carboxylic acid groups (broad SMARTS) is 1. The number of ether oxygens (including phenoxy) is 3. The van der Waals surface area contributed by atoms with Crippen LogP contribution in [0, 0.1) is 0 Å². The van der Waals surface area contributed by atoms with Gasteiger partial charge in [-0.05, 0) is 32.0 Å². The highest BCUT2D eigenvalue weighted by Gasteiger charge is 2.19. The third kappa shape index (κ3) is 4.58. The summed E-state index contributed by atoms with van der Waals surface area (Å²) < 4.78 is 13.5. The SMILES string of the molecule is CCOC(=O)OC(=O)c1cc(C(=O)O)cc(C(=O)OCC)c1. The monoisotopic (exact) mass is 310 g/mol. The van der Waals surface area contributed by atoms with E-state index in [-0.39, 0.29) is 29.9 Å². The first-order valence-electron chi connectivity index (χ1n) is 6.33. The van der Waals surface area contributed by atoms with Gasteiger partial charge in [-0.1, -0.05) is 0 Å². The Morgan fingerprint density at radius 1 is 0.864 bits per heavy atom. The zero-order valence-corrected chi connectivity index (χ0v) is 12.0. The standard InChI is InChI=1S/C14H14O8/c1-3-20-12(17)9-5-8(11(15)16)6-10(7-9)13(18)22-14(19)21-4-2/h5-7H,3-4H2,1-2H3,(H,15,16). The van der Waals surface area contributed by atoms with Crippen LogP contribution in [-0.4, -0.2) is 42.4 Å². The van der Waals surface area contributed by atoms with Crippen LogP contribution in [0.15, 0.2) is 18.2 Å². The molecule has 0 aliphatic carbocycles. The van der Waals surface area contributed by atoms with Crippen LogP contribution in [0.2, 0.25) is 0 Å². The van der Waals surface area contributed by atoms with Gasteiger partial charge in [0.05, 0.1) is 29.9 Å². The third-order valence-corrected chi connectivity index (χ3v) is 2.37. The molecule has 118 valence electrons. The summed E-state index contributed by atoms with van der Waals surface area (Å²) >= 11 is 0. The molecule has 1 aromatic carbocycles. The number of carbonyl (C=O) groups excluding carboxylic acids is 3. The molecule has 0 fully saturated rings. The van der Waals surface area contributed by atoms with Crippen molar-refractivity contribution in [3.05, 3.63) is 34.9 Å². The number of hydrogen-bond donors (Lipinski definition) is 1. The van der Waals surface area contributed by atoms with Crippen molar-refractivity contribution in [2.45, 2.75) is 13.8 Å². The van der Waals surface area contributed by atoms with E-state index in [2.05, 4.69) is 9.47 Å². The number of benzene rings is 1. The second-order valence-electron chi connectivity index (χ2n) is 3.90. The second-order valence-corrected chi connectivity index (χ2v) is 3.90. The fourth-order valence-corrected chi connectivity index (χ4v) is 1.48. The molecule has 8 nitrogen and oxygen atoms in total. The van der Waals surface area contributed by atoms with E-state index in [4.69, 9.17) is 9.84 Å². The van der Waals surface area contributed by atoms with Gasteiger partial charge in [0.15, 0.2) is 0 Å². The molecular formula is C14H14O8. The highest BCUT2D eigenvalue weighted by Crippen LogP contribution is 2.14. The lowest BCUT2D eigenvalue weighted by Crippen LogP contribution is -2.16. The number of aromatic carboxylic acids is 1. The Balaban J connectivity index is 3.12. The summed E-state index contributed by atoms with van der Waals surface area (Å²) in [5.41, 5.74) is -0.741. The average molecular weight is 310 g/mol. The van der Waals surface area contributed by atoms with Crippen LogP contribution in [0.5, 0.6) is 0 Å². The van der Waals surface area contributed by atoms with Crippen molar-refractivity contribution in [2.24, 2.45) is 0 Å². The summed E-state index contributed by atoms with van der Waals surface area (Å²) in [6.45, 7) is 3.19. The molecule has 0 aromatic heterocycles. The maximum Gasteiger partial charge on any atom is 0.516 e. The lowest BCUT2D eigenvalue weighted by Gasteiger charge is -2.07. The Bertz CT molecular complexity index is 605. The van der Waals surface area contributed by atoms with Gasteiger partial charge in [0.1, 0.15) is 0 Å². The zero-order valence-electron chi connectivity index (χ0n) is 12.0. The van der Waals surface area contributed by atoms with Gasteiger partial charge in [0.2, 0.25) is 0 Å². The van der Waals surface area contributed by atoms with Crippen molar-refractivity contribution in [3.8, 4) is 0 Å². The molecule has 0 spiro atoms. The molecule has 0 aliphatic rings. The lowest BCUT2D eigenvalue weighted by molar-refractivity contribution is 0.0401. The fourth-order valence-electron chi connectivity index (χ4n) is 1.48. The minimum atomic E-state index is -1.35. The molecule has 8 heteroatoms. The normalized spacial score (nSPS) is 9.73. The van der Waals surface area contributed by atoms with E-state index >= 15 is 0 Å². The van der Waals surface area contributed by atoms with Gasteiger partial charge in [0.25, 0.3) is 0 Å². The van der Waals surface area contributed by atoms with Gasteiger partial charge in [0, 0.05) is 0 Å². The molecule has 22 heavy (non-hydrogen) atoms. The van der Waals surface area contributed by atoms with Crippen LogP contribution >= 0.6 is 0 Å². The summed E-state index contributed by atoms with van der Waals surface area (Å²) in [6.07, 6.45) is -1.22. The molecule has 0 atom stereocenters. The molecule has 0 bridgehead atoms. The van der Waals surface area contributed by atoms with Crippen LogP contribution in [-0.2, 0) is 14.2 Å². The molecule has 0 unspecified atom stereocenters. The van der Waals surface area contributed by atoms with Crippen LogP contribution in [0.3, 0.4) is 0 Å². The smallest absolute Gasteiger partial charge is 0.478 e. The predicted molar refractivity (Wildman–Crippen MR) is 71.8 cm³/mol. The summed E-state index contributed by atoms with van der Waals surface area (Å²) in [7, 11) is 0. The van der Waals surface area contributed by atoms with Gasteiger partial charge in [-0.15, -0.1) is 0 Å². The van der Waals surface area contributed by atoms with Crippen LogP contribution in [0.25, 0.3) is 0 Å². The lowest BCUT2D eigenvalue weighted by atomic mass is 10.1. The molecular weight excluding hydrogens is 296 g/mol. The first-order valence-corrected chi connectivity index (χ1v) is 6.33. The minimum absolute atomic E-state index is 0.00928. The van der Waals surface area contributed by atoms with E-state index in [0.29, 0.717) is 0 Å². The highest BCUT2D eigenvalue weighted by atomic mass is 16.7. The van der Waals surface area contributed by atoms with Gasteiger partial charge in [-0.3, -0.25) is 0 Å². The van der Waals surface area contributed by atoms with Crippen molar-refractivity contribution in [1.29, 1.82) is 0 Å². The molecule has 1 aromatic rings. The van der Waals surface area contributed by atoms with Gasteiger partial charge in [-0.2, -0.15) is 0 Å². The van der Waals surface area contributed by atoms with Crippen molar-refractivity contribution in [2.75, 3.05) is 13.2 Å². The first-order chi connectivity index (χ1) is 10.4. The van der Waals surface area contributed by atoms with E-state index in [0.717, 1.165) is 18.2 Å². The Hall–Kier alpha value is -2.90. The maximum atomic E-state index is 11.8. The Labute approximate surface area is 125 Å². The number of rotatable bonds is 5. The Morgan fingerprint density at radius 3 is 1.86 bits per heavy atom. The van der Waals surface area contributed by atoms with E-state index in [1.165, 1.54) is 6.92 Å². The van der Waals surface area contributed by atoms with Crippen molar-refractivity contribution in [1.82, 2.24) is 0 Å². The van der Waals surface area contributed by atoms with E-state index in [1.54, 1.807) is 6.92 Å². The van der Waals surface area contributed by atoms with Crippen molar-refractivity contribution in [3.63, 3.8) is 0 Å². The van der Waals surface area contributed by atoms with E-state index in [9.17, 15) is 19.2 Å². The largest absolute Gasteiger partial charge is 0.516 e. The van der Waals surface area contributed by atoms with Crippen LogP contribution in [0.4, 0.5) is 4.79 Å². The molecule has 1 rings (SSSR count). The topological polar surface area (TPSA) is 116 Å². The third-order valence-electron chi connectivity index (χ3n) is 2.37. The van der Waals surface area contributed by atoms with E-state index in [1.807, 2.05) is 0 Å². The number of hydrogen-bond acceptors (Lipinski definition) is 7. The second kappa shape index (κ2) is 7.77. The Morgan fingerprint density at radius 2 is 1.36 bits per heavy atom. The molecule has 0 saturated carbocycles. The Kier molecular flexibility index (Phi) is 6.06. The van der Waals surface area contributed by atoms with Crippen molar-refractivity contribution < 1.29 is 38.5 Å². The number of carbonyl (C=O) groups is 4. The quantitative estimate of drug-likeness (QED) is 0.647. The zero-order chi connectivity index (χ0) is 16.7.